The Balaban J connectivity index is 2.31. The summed E-state index contributed by atoms with van der Waals surface area (Å²) in [5, 5.41) is 2.96. The third-order valence-electron chi connectivity index (χ3n) is 6.33. The molecule has 0 saturated heterocycles. The maximum atomic E-state index is 13.1. The van der Waals surface area contributed by atoms with Gasteiger partial charge in [-0.1, -0.05) is 24.3 Å². The highest BCUT2D eigenvalue weighted by Crippen LogP contribution is 2.28. The molecular formula is C27H37NO4S. The third kappa shape index (κ3) is 5.91. The number of rotatable bonds is 7. The Bertz CT molecular complexity index is 1140. The predicted octanol–water partition coefficient (Wildman–Crippen LogP) is 5.20. The molecule has 0 atom stereocenters. The second-order valence-electron chi connectivity index (χ2n) is 10.2. The summed E-state index contributed by atoms with van der Waals surface area (Å²) in [7, 11) is -3.29. The van der Waals surface area contributed by atoms with Gasteiger partial charge in [0.1, 0.15) is 0 Å². The molecule has 0 bridgehead atoms. The van der Waals surface area contributed by atoms with E-state index in [1.807, 2.05) is 41.5 Å². The lowest BCUT2D eigenvalue weighted by molar-refractivity contribution is 0.0941. The predicted molar refractivity (Wildman–Crippen MR) is 135 cm³/mol. The van der Waals surface area contributed by atoms with Crippen LogP contribution in [0.1, 0.15) is 88.7 Å². The molecule has 0 saturated carbocycles. The van der Waals surface area contributed by atoms with E-state index in [0.717, 1.165) is 27.8 Å². The van der Waals surface area contributed by atoms with Crippen LogP contribution in [0.4, 0.5) is 0 Å². The highest BCUT2D eigenvalue weighted by molar-refractivity contribution is 7.91. The van der Waals surface area contributed by atoms with E-state index in [4.69, 9.17) is 0 Å². The summed E-state index contributed by atoms with van der Waals surface area (Å²) >= 11 is 0. The van der Waals surface area contributed by atoms with Gasteiger partial charge in [-0.3, -0.25) is 9.59 Å². The number of nitrogens with one attached hydrogen (secondary N) is 1. The van der Waals surface area contributed by atoms with Crippen LogP contribution in [-0.4, -0.2) is 30.9 Å². The van der Waals surface area contributed by atoms with Gasteiger partial charge in [-0.15, -0.1) is 0 Å². The molecule has 0 aliphatic heterocycles. The number of carbonyl (C=O) groups excluding carboxylic acids is 2. The van der Waals surface area contributed by atoms with Crippen LogP contribution in [0, 0.1) is 27.7 Å². The fourth-order valence-corrected chi connectivity index (χ4v) is 4.88. The van der Waals surface area contributed by atoms with Crippen molar-refractivity contribution < 1.29 is 18.0 Å². The Kier molecular flexibility index (Phi) is 7.95. The van der Waals surface area contributed by atoms with Crippen LogP contribution in [-0.2, 0) is 22.0 Å². The summed E-state index contributed by atoms with van der Waals surface area (Å²) in [6.07, 6.45) is 0.227. The summed E-state index contributed by atoms with van der Waals surface area (Å²) < 4.78 is 24.1. The van der Waals surface area contributed by atoms with Crippen LogP contribution in [0.25, 0.3) is 0 Å². The van der Waals surface area contributed by atoms with Gasteiger partial charge in [-0.05, 0) is 95.7 Å². The first-order chi connectivity index (χ1) is 15.1. The molecule has 0 spiro atoms. The Morgan fingerprint density at radius 2 is 1.36 bits per heavy atom. The van der Waals surface area contributed by atoms with Crippen LogP contribution >= 0.6 is 0 Å². The number of hydrogen-bond donors (Lipinski definition) is 1. The van der Waals surface area contributed by atoms with Crippen molar-refractivity contribution in [3.63, 3.8) is 0 Å². The van der Waals surface area contributed by atoms with E-state index in [9.17, 15) is 18.0 Å². The maximum Gasteiger partial charge on any atom is 0.252 e. The zero-order valence-corrected chi connectivity index (χ0v) is 22.2. The van der Waals surface area contributed by atoms with Crippen molar-refractivity contribution in [2.45, 2.75) is 85.3 Å². The van der Waals surface area contributed by atoms with Crippen molar-refractivity contribution in [2.75, 3.05) is 0 Å². The number of carbonyl (C=O) groups is 2. The molecule has 0 fully saturated rings. The summed E-state index contributed by atoms with van der Waals surface area (Å²) in [4.78, 5) is 25.8. The molecule has 180 valence electrons. The van der Waals surface area contributed by atoms with Crippen LogP contribution in [0.15, 0.2) is 24.3 Å². The van der Waals surface area contributed by atoms with E-state index in [0.29, 0.717) is 16.7 Å². The summed E-state index contributed by atoms with van der Waals surface area (Å²) in [5.41, 5.74) is 6.52. The minimum absolute atomic E-state index is 0.0374. The molecule has 33 heavy (non-hydrogen) atoms. The van der Waals surface area contributed by atoms with Crippen molar-refractivity contribution in [1.29, 1.82) is 0 Å². The van der Waals surface area contributed by atoms with Crippen LogP contribution in [0.3, 0.4) is 0 Å². The topological polar surface area (TPSA) is 80.3 Å². The molecule has 1 amide bonds. The molecule has 0 aliphatic carbocycles. The van der Waals surface area contributed by atoms with E-state index in [1.165, 1.54) is 0 Å². The number of ketones is 1. The number of hydrogen-bond acceptors (Lipinski definition) is 4. The van der Waals surface area contributed by atoms with Gasteiger partial charge in [0.15, 0.2) is 15.6 Å². The molecule has 0 unspecified atom stereocenters. The molecule has 0 aromatic heterocycles. The van der Waals surface area contributed by atoms with Gasteiger partial charge in [0.25, 0.3) is 5.91 Å². The second kappa shape index (κ2) is 9.80. The first-order valence-corrected chi connectivity index (χ1v) is 13.0. The van der Waals surface area contributed by atoms with Gasteiger partial charge in [0.05, 0.1) is 10.5 Å². The Labute approximate surface area is 198 Å². The highest BCUT2D eigenvalue weighted by atomic mass is 32.2. The van der Waals surface area contributed by atoms with Crippen LogP contribution in [0.2, 0.25) is 0 Å². The Morgan fingerprint density at radius 3 is 1.79 bits per heavy atom. The van der Waals surface area contributed by atoms with Crippen molar-refractivity contribution in [2.24, 2.45) is 0 Å². The van der Waals surface area contributed by atoms with Gasteiger partial charge < -0.3 is 5.32 Å². The average molecular weight is 472 g/mol. The SMILES string of the molecule is Cc1c(C)c(C(=O)NC(C)C)c(C)c(C)c1CC(=O)c1ccc(CS(=O)(=O)C(C)(C)C)cc1. The lowest BCUT2D eigenvalue weighted by atomic mass is 9.85. The molecule has 2 rings (SSSR count). The highest BCUT2D eigenvalue weighted by Gasteiger charge is 2.29. The van der Waals surface area contributed by atoms with Gasteiger partial charge in [0.2, 0.25) is 0 Å². The third-order valence-corrected chi connectivity index (χ3v) is 8.91. The Morgan fingerprint density at radius 1 is 0.879 bits per heavy atom. The summed E-state index contributed by atoms with van der Waals surface area (Å²) in [5.74, 6) is -0.184. The molecule has 0 aliphatic rings. The molecule has 1 N–H and O–H groups in total. The van der Waals surface area contributed by atoms with Gasteiger partial charge in [-0.2, -0.15) is 0 Å². The molecule has 2 aromatic carbocycles. The summed E-state index contributed by atoms with van der Waals surface area (Å²) in [6.45, 7) is 16.7. The fraction of sp³-hybridized carbons (Fsp3) is 0.481. The van der Waals surface area contributed by atoms with Crippen LogP contribution < -0.4 is 5.32 Å². The lowest BCUT2D eigenvalue weighted by Gasteiger charge is -2.21. The van der Waals surface area contributed by atoms with E-state index in [2.05, 4.69) is 5.32 Å². The number of Topliss-reactive ketones (excluding diaryl/α,β-unsaturated/α-hetero) is 1. The fourth-order valence-electron chi connectivity index (χ4n) is 3.82. The first kappa shape index (κ1) is 26.8. The maximum absolute atomic E-state index is 13.1. The molecule has 5 nitrogen and oxygen atoms in total. The van der Waals surface area contributed by atoms with Crippen molar-refractivity contribution in [3.05, 3.63) is 68.8 Å². The van der Waals surface area contributed by atoms with Crippen molar-refractivity contribution in [3.8, 4) is 0 Å². The van der Waals surface area contributed by atoms with Crippen LogP contribution in [0.5, 0.6) is 0 Å². The van der Waals surface area contributed by atoms with Crippen molar-refractivity contribution >= 4 is 21.5 Å². The number of amides is 1. The van der Waals surface area contributed by atoms with Gasteiger partial charge in [0, 0.05) is 23.6 Å². The smallest absolute Gasteiger partial charge is 0.252 e. The summed E-state index contributed by atoms with van der Waals surface area (Å²) in [6, 6.07) is 6.87. The first-order valence-electron chi connectivity index (χ1n) is 11.3. The minimum atomic E-state index is -3.29. The van der Waals surface area contributed by atoms with E-state index < -0.39 is 14.6 Å². The normalized spacial score (nSPS) is 12.2. The minimum Gasteiger partial charge on any atom is -0.350 e. The zero-order chi connectivity index (χ0) is 25.3. The average Bonchev–Trinajstić information content (AvgIpc) is 2.68. The molecule has 2 aromatic rings. The zero-order valence-electron chi connectivity index (χ0n) is 21.3. The molecule has 0 heterocycles. The monoisotopic (exact) mass is 471 g/mol. The lowest BCUT2D eigenvalue weighted by Crippen LogP contribution is -2.31. The van der Waals surface area contributed by atoms with Crippen molar-refractivity contribution in [1.82, 2.24) is 5.32 Å². The van der Waals surface area contributed by atoms with E-state index in [1.54, 1.807) is 45.0 Å². The number of benzene rings is 2. The van der Waals surface area contributed by atoms with E-state index in [-0.39, 0.29) is 29.9 Å². The quantitative estimate of drug-likeness (QED) is 0.563. The van der Waals surface area contributed by atoms with E-state index >= 15 is 0 Å². The molecule has 0 radical (unpaired) electrons. The molecular weight excluding hydrogens is 434 g/mol. The van der Waals surface area contributed by atoms with Gasteiger partial charge in [-0.25, -0.2) is 8.42 Å². The Hall–Kier alpha value is -2.47. The largest absolute Gasteiger partial charge is 0.350 e. The standard InChI is InChI=1S/C27H37NO4S/c1-16(2)28-26(30)25-19(5)17(3)23(18(4)20(25)6)14-24(29)22-12-10-21(11-13-22)15-33(31,32)27(7,8)9/h10-13,16H,14-15H2,1-9H3,(H,28,30). The molecule has 6 heteroatoms. The van der Waals surface area contributed by atoms with Gasteiger partial charge >= 0.3 is 0 Å². The second-order valence-corrected chi connectivity index (χ2v) is 12.9. The number of sulfone groups is 1.